The molecule has 3 nitrogen and oxygen atoms in total. The molecule has 138 valence electrons. The number of amides is 1. The summed E-state index contributed by atoms with van der Waals surface area (Å²) in [5.41, 5.74) is 2.26. The van der Waals surface area contributed by atoms with Gasteiger partial charge in [0, 0.05) is 11.8 Å². The molecule has 0 saturated carbocycles. The molecule has 3 aromatic carbocycles. The van der Waals surface area contributed by atoms with Gasteiger partial charge in [-0.15, -0.1) is 0 Å². The fraction of sp³-hybridized carbons (Fsp3) is 0.136. The summed E-state index contributed by atoms with van der Waals surface area (Å²) in [6, 6.07) is 22.1. The summed E-state index contributed by atoms with van der Waals surface area (Å²) in [7, 11) is 0. The average Bonchev–Trinajstić information content (AvgIpc) is 2.70. The molecular weight excluding hydrogens is 346 g/mol. The Morgan fingerprint density at radius 3 is 1.89 bits per heavy atom. The van der Waals surface area contributed by atoms with Gasteiger partial charge in [-0.2, -0.15) is 0 Å². The molecule has 27 heavy (non-hydrogen) atoms. The standard InChI is InChI=1S/C22H20F2N2O/c1-15(22(27)26-18-12-13-19(23)20(24)14-18)25-21(16-8-4-2-5-9-16)17-10-6-3-7-11-17/h2-15,21,25H,1H3,(H,26,27)/t15-/m0/s1. The molecule has 5 heteroatoms. The Bertz CT molecular complexity index is 861. The van der Waals surface area contributed by atoms with Gasteiger partial charge >= 0.3 is 0 Å². The Balaban J connectivity index is 1.76. The number of anilines is 1. The number of hydrogen-bond donors (Lipinski definition) is 2. The van der Waals surface area contributed by atoms with Gasteiger partial charge < -0.3 is 5.32 Å². The van der Waals surface area contributed by atoms with E-state index in [1.807, 2.05) is 60.7 Å². The molecule has 0 unspecified atom stereocenters. The van der Waals surface area contributed by atoms with Crippen molar-refractivity contribution in [3.63, 3.8) is 0 Å². The van der Waals surface area contributed by atoms with Crippen LogP contribution in [0.1, 0.15) is 24.1 Å². The summed E-state index contributed by atoms with van der Waals surface area (Å²) in [4.78, 5) is 12.5. The largest absolute Gasteiger partial charge is 0.325 e. The zero-order valence-electron chi connectivity index (χ0n) is 14.8. The van der Waals surface area contributed by atoms with Crippen molar-refractivity contribution in [3.05, 3.63) is 102 Å². The van der Waals surface area contributed by atoms with Crippen LogP contribution in [0.25, 0.3) is 0 Å². The molecule has 2 N–H and O–H groups in total. The summed E-state index contributed by atoms with van der Waals surface area (Å²) in [6.45, 7) is 1.73. The SMILES string of the molecule is C[C@H](NC(c1ccccc1)c1ccccc1)C(=O)Nc1ccc(F)c(F)c1. The highest BCUT2D eigenvalue weighted by Gasteiger charge is 2.21. The van der Waals surface area contributed by atoms with E-state index in [9.17, 15) is 13.6 Å². The highest BCUT2D eigenvalue weighted by Crippen LogP contribution is 2.22. The summed E-state index contributed by atoms with van der Waals surface area (Å²) < 4.78 is 26.4. The minimum atomic E-state index is -1.00. The van der Waals surface area contributed by atoms with E-state index in [1.165, 1.54) is 6.07 Å². The van der Waals surface area contributed by atoms with Crippen LogP contribution in [0.4, 0.5) is 14.5 Å². The van der Waals surface area contributed by atoms with Crippen molar-refractivity contribution in [1.82, 2.24) is 5.32 Å². The zero-order valence-corrected chi connectivity index (χ0v) is 14.8. The smallest absolute Gasteiger partial charge is 0.241 e. The second-order valence-corrected chi connectivity index (χ2v) is 6.26. The van der Waals surface area contributed by atoms with Crippen molar-refractivity contribution in [2.45, 2.75) is 19.0 Å². The van der Waals surface area contributed by atoms with Crippen LogP contribution in [-0.4, -0.2) is 11.9 Å². The third-order valence-electron chi connectivity index (χ3n) is 4.26. The number of rotatable bonds is 6. The van der Waals surface area contributed by atoms with Crippen LogP contribution in [0.15, 0.2) is 78.9 Å². The zero-order chi connectivity index (χ0) is 19.2. The number of nitrogens with one attached hydrogen (secondary N) is 2. The molecule has 0 bridgehead atoms. The molecule has 0 radical (unpaired) electrons. The Hall–Kier alpha value is -3.05. The van der Waals surface area contributed by atoms with Crippen molar-refractivity contribution < 1.29 is 13.6 Å². The predicted molar refractivity (Wildman–Crippen MR) is 102 cm³/mol. The Kier molecular flexibility index (Phi) is 5.94. The number of benzene rings is 3. The van der Waals surface area contributed by atoms with Gasteiger partial charge in [-0.05, 0) is 30.2 Å². The minimum Gasteiger partial charge on any atom is -0.325 e. The lowest BCUT2D eigenvalue weighted by molar-refractivity contribution is -0.117. The van der Waals surface area contributed by atoms with Crippen LogP contribution in [-0.2, 0) is 4.79 Å². The van der Waals surface area contributed by atoms with E-state index < -0.39 is 17.7 Å². The van der Waals surface area contributed by atoms with Crippen LogP contribution in [0.2, 0.25) is 0 Å². The molecular formula is C22H20F2N2O. The van der Waals surface area contributed by atoms with E-state index in [0.29, 0.717) is 0 Å². The molecule has 0 saturated heterocycles. The first-order chi connectivity index (χ1) is 13.0. The number of hydrogen-bond acceptors (Lipinski definition) is 2. The summed E-state index contributed by atoms with van der Waals surface area (Å²) in [5, 5.41) is 5.93. The third-order valence-corrected chi connectivity index (χ3v) is 4.26. The molecule has 3 aromatic rings. The molecule has 0 heterocycles. The van der Waals surface area contributed by atoms with E-state index >= 15 is 0 Å². The van der Waals surface area contributed by atoms with Crippen molar-refractivity contribution >= 4 is 11.6 Å². The van der Waals surface area contributed by atoms with E-state index in [1.54, 1.807) is 6.92 Å². The van der Waals surface area contributed by atoms with Crippen LogP contribution < -0.4 is 10.6 Å². The first-order valence-corrected chi connectivity index (χ1v) is 8.66. The van der Waals surface area contributed by atoms with E-state index in [4.69, 9.17) is 0 Å². The van der Waals surface area contributed by atoms with Crippen molar-refractivity contribution in [1.29, 1.82) is 0 Å². The summed E-state index contributed by atoms with van der Waals surface area (Å²) in [6.07, 6.45) is 0. The van der Waals surface area contributed by atoms with Gasteiger partial charge in [0.1, 0.15) is 0 Å². The normalized spacial score (nSPS) is 12.0. The minimum absolute atomic E-state index is 0.182. The maximum atomic E-state index is 13.3. The van der Waals surface area contributed by atoms with Crippen molar-refractivity contribution in [2.24, 2.45) is 0 Å². The monoisotopic (exact) mass is 366 g/mol. The molecule has 0 fully saturated rings. The quantitative estimate of drug-likeness (QED) is 0.666. The topological polar surface area (TPSA) is 41.1 Å². The van der Waals surface area contributed by atoms with E-state index in [2.05, 4.69) is 10.6 Å². The van der Waals surface area contributed by atoms with Crippen LogP contribution >= 0.6 is 0 Å². The third kappa shape index (κ3) is 4.77. The molecule has 1 amide bonds. The Morgan fingerprint density at radius 1 is 0.815 bits per heavy atom. The molecule has 3 rings (SSSR count). The van der Waals surface area contributed by atoms with Gasteiger partial charge in [0.15, 0.2) is 11.6 Å². The lowest BCUT2D eigenvalue weighted by atomic mass is 9.98. The molecule has 0 aromatic heterocycles. The molecule has 0 aliphatic heterocycles. The van der Waals surface area contributed by atoms with Gasteiger partial charge in [0.25, 0.3) is 0 Å². The van der Waals surface area contributed by atoms with Gasteiger partial charge in [-0.3, -0.25) is 10.1 Å². The number of carbonyl (C=O) groups excluding carboxylic acids is 1. The van der Waals surface area contributed by atoms with Gasteiger partial charge in [-0.25, -0.2) is 8.78 Å². The average molecular weight is 366 g/mol. The second kappa shape index (κ2) is 8.56. The second-order valence-electron chi connectivity index (χ2n) is 6.26. The fourth-order valence-electron chi connectivity index (χ4n) is 2.83. The number of halogens is 2. The lowest BCUT2D eigenvalue weighted by Crippen LogP contribution is -2.40. The van der Waals surface area contributed by atoms with E-state index in [-0.39, 0.29) is 17.6 Å². The summed E-state index contributed by atoms with van der Waals surface area (Å²) in [5.74, 6) is -2.29. The predicted octanol–water partition coefficient (Wildman–Crippen LogP) is 4.67. The fourth-order valence-corrected chi connectivity index (χ4v) is 2.83. The molecule has 0 spiro atoms. The molecule has 0 aliphatic rings. The lowest BCUT2D eigenvalue weighted by Gasteiger charge is -2.24. The highest BCUT2D eigenvalue weighted by atomic mass is 19.2. The molecule has 0 aliphatic carbocycles. The van der Waals surface area contributed by atoms with Gasteiger partial charge in [-0.1, -0.05) is 60.7 Å². The van der Waals surface area contributed by atoms with E-state index in [0.717, 1.165) is 23.3 Å². The number of carbonyl (C=O) groups is 1. The Labute approximate surface area is 157 Å². The van der Waals surface area contributed by atoms with Gasteiger partial charge in [0.2, 0.25) is 5.91 Å². The first kappa shape index (κ1) is 18.7. The maximum Gasteiger partial charge on any atom is 0.241 e. The Morgan fingerprint density at radius 2 is 1.37 bits per heavy atom. The maximum absolute atomic E-state index is 13.3. The van der Waals surface area contributed by atoms with Crippen LogP contribution in [0, 0.1) is 11.6 Å². The van der Waals surface area contributed by atoms with Crippen molar-refractivity contribution in [2.75, 3.05) is 5.32 Å². The molecule has 1 atom stereocenters. The first-order valence-electron chi connectivity index (χ1n) is 8.66. The van der Waals surface area contributed by atoms with Crippen LogP contribution in [0.5, 0.6) is 0 Å². The van der Waals surface area contributed by atoms with Crippen molar-refractivity contribution in [3.8, 4) is 0 Å². The van der Waals surface area contributed by atoms with Crippen LogP contribution in [0.3, 0.4) is 0 Å². The summed E-state index contributed by atoms with van der Waals surface area (Å²) >= 11 is 0. The van der Waals surface area contributed by atoms with Gasteiger partial charge in [0.05, 0.1) is 12.1 Å². The highest BCUT2D eigenvalue weighted by molar-refractivity contribution is 5.94.